The molecule has 0 atom stereocenters. The second-order valence-electron chi connectivity index (χ2n) is 3.24. The van der Waals surface area contributed by atoms with Crippen LogP contribution in [0.3, 0.4) is 0 Å². The Morgan fingerprint density at radius 3 is 2.81 bits per heavy atom. The largest absolute Gasteiger partial charge is 0.467 e. The van der Waals surface area contributed by atoms with Crippen molar-refractivity contribution in [3.8, 4) is 6.01 Å². The minimum absolute atomic E-state index is 0.0582. The molecule has 16 heavy (non-hydrogen) atoms. The SMILES string of the molecule is CCCN(CCO)c1nc(OC)ncc1Cl. The van der Waals surface area contributed by atoms with Gasteiger partial charge >= 0.3 is 6.01 Å². The van der Waals surface area contributed by atoms with Gasteiger partial charge in [0, 0.05) is 13.1 Å². The number of hydrogen-bond acceptors (Lipinski definition) is 5. The summed E-state index contributed by atoms with van der Waals surface area (Å²) in [7, 11) is 1.50. The van der Waals surface area contributed by atoms with Crippen molar-refractivity contribution in [2.75, 3.05) is 31.7 Å². The minimum Gasteiger partial charge on any atom is -0.467 e. The van der Waals surface area contributed by atoms with Crippen LogP contribution in [-0.4, -0.2) is 41.9 Å². The van der Waals surface area contributed by atoms with Crippen LogP contribution in [-0.2, 0) is 0 Å². The molecule has 1 aromatic rings. The summed E-state index contributed by atoms with van der Waals surface area (Å²) >= 11 is 6.02. The summed E-state index contributed by atoms with van der Waals surface area (Å²) in [6, 6.07) is 0.276. The molecule has 1 rings (SSSR count). The van der Waals surface area contributed by atoms with Gasteiger partial charge in [0.05, 0.1) is 19.9 Å². The molecule has 0 saturated heterocycles. The summed E-state index contributed by atoms with van der Waals surface area (Å²) in [5.41, 5.74) is 0. The average Bonchev–Trinajstić information content (AvgIpc) is 2.29. The van der Waals surface area contributed by atoms with Crippen LogP contribution in [0.2, 0.25) is 5.02 Å². The Bertz CT molecular complexity index is 330. The summed E-state index contributed by atoms with van der Waals surface area (Å²) in [5.74, 6) is 0.601. The van der Waals surface area contributed by atoms with Crippen LogP contribution in [0.15, 0.2) is 6.20 Å². The zero-order chi connectivity index (χ0) is 12.0. The Hall–Kier alpha value is -1.07. The van der Waals surface area contributed by atoms with Gasteiger partial charge in [0.25, 0.3) is 0 Å². The normalized spacial score (nSPS) is 10.2. The fourth-order valence-corrected chi connectivity index (χ4v) is 1.59. The van der Waals surface area contributed by atoms with E-state index in [0.717, 1.165) is 13.0 Å². The monoisotopic (exact) mass is 245 g/mol. The number of hydrogen-bond donors (Lipinski definition) is 1. The van der Waals surface area contributed by atoms with Crippen molar-refractivity contribution in [3.63, 3.8) is 0 Å². The highest BCUT2D eigenvalue weighted by molar-refractivity contribution is 6.32. The third-order valence-electron chi connectivity index (χ3n) is 2.05. The summed E-state index contributed by atoms with van der Waals surface area (Å²) in [6.07, 6.45) is 2.45. The molecule has 90 valence electrons. The zero-order valence-corrected chi connectivity index (χ0v) is 10.2. The number of nitrogens with zero attached hydrogens (tertiary/aromatic N) is 3. The van der Waals surface area contributed by atoms with E-state index in [1.165, 1.54) is 13.3 Å². The summed E-state index contributed by atoms with van der Waals surface area (Å²) in [5, 5.41) is 9.44. The second-order valence-corrected chi connectivity index (χ2v) is 3.65. The third-order valence-corrected chi connectivity index (χ3v) is 2.32. The summed E-state index contributed by atoms with van der Waals surface area (Å²) in [6.45, 7) is 3.38. The first-order valence-electron chi connectivity index (χ1n) is 5.15. The second kappa shape index (κ2) is 6.50. The minimum atomic E-state index is 0.0582. The first kappa shape index (κ1) is 13.0. The molecular weight excluding hydrogens is 230 g/mol. The van der Waals surface area contributed by atoms with Gasteiger partial charge in [-0.15, -0.1) is 0 Å². The number of ether oxygens (including phenoxy) is 1. The molecule has 0 aromatic carbocycles. The van der Waals surface area contributed by atoms with E-state index in [4.69, 9.17) is 21.4 Å². The van der Waals surface area contributed by atoms with Crippen molar-refractivity contribution < 1.29 is 9.84 Å². The van der Waals surface area contributed by atoms with Gasteiger partial charge in [-0.25, -0.2) is 4.98 Å². The van der Waals surface area contributed by atoms with E-state index in [-0.39, 0.29) is 12.6 Å². The maximum absolute atomic E-state index is 8.98. The van der Waals surface area contributed by atoms with Gasteiger partial charge in [0.1, 0.15) is 5.02 Å². The molecule has 0 amide bonds. The quantitative estimate of drug-likeness (QED) is 0.820. The van der Waals surface area contributed by atoms with E-state index in [1.54, 1.807) is 0 Å². The first-order chi connectivity index (χ1) is 7.72. The molecule has 1 heterocycles. The van der Waals surface area contributed by atoms with E-state index < -0.39 is 0 Å². The molecule has 0 bridgehead atoms. The number of aliphatic hydroxyl groups excluding tert-OH is 1. The maximum atomic E-state index is 8.98. The van der Waals surface area contributed by atoms with Crippen molar-refractivity contribution in [2.24, 2.45) is 0 Å². The van der Waals surface area contributed by atoms with Gasteiger partial charge in [-0.05, 0) is 6.42 Å². The fourth-order valence-electron chi connectivity index (χ4n) is 1.38. The van der Waals surface area contributed by atoms with Gasteiger partial charge in [-0.3, -0.25) is 0 Å². The highest BCUT2D eigenvalue weighted by Gasteiger charge is 2.12. The Labute approximate surface area is 100 Å². The average molecular weight is 246 g/mol. The van der Waals surface area contributed by atoms with Gasteiger partial charge in [0.2, 0.25) is 0 Å². The molecule has 0 unspecified atom stereocenters. The van der Waals surface area contributed by atoms with Gasteiger partial charge < -0.3 is 14.7 Å². The van der Waals surface area contributed by atoms with E-state index >= 15 is 0 Å². The molecule has 5 nitrogen and oxygen atoms in total. The molecule has 1 N–H and O–H groups in total. The number of anilines is 1. The Balaban J connectivity index is 2.96. The Kier molecular flexibility index (Phi) is 5.28. The summed E-state index contributed by atoms with van der Waals surface area (Å²) < 4.78 is 4.95. The number of halogens is 1. The van der Waals surface area contributed by atoms with Crippen molar-refractivity contribution >= 4 is 17.4 Å². The van der Waals surface area contributed by atoms with Crippen molar-refractivity contribution in [1.82, 2.24) is 9.97 Å². The highest BCUT2D eigenvalue weighted by atomic mass is 35.5. The molecule has 1 aromatic heterocycles. The first-order valence-corrected chi connectivity index (χ1v) is 5.53. The fraction of sp³-hybridized carbons (Fsp3) is 0.600. The van der Waals surface area contributed by atoms with Crippen LogP contribution in [0.25, 0.3) is 0 Å². The molecule has 0 saturated carbocycles. The molecular formula is C10H16ClN3O2. The van der Waals surface area contributed by atoms with E-state index in [9.17, 15) is 0 Å². The highest BCUT2D eigenvalue weighted by Crippen LogP contribution is 2.24. The predicted octanol–water partition coefficient (Wildman–Crippen LogP) is 1.35. The molecule has 0 aliphatic carbocycles. The molecule has 0 aliphatic rings. The van der Waals surface area contributed by atoms with Gasteiger partial charge in [0.15, 0.2) is 5.82 Å². The smallest absolute Gasteiger partial charge is 0.318 e. The number of aliphatic hydroxyl groups is 1. The maximum Gasteiger partial charge on any atom is 0.318 e. The standard InChI is InChI=1S/C10H16ClN3O2/c1-3-4-14(5-6-15)9-8(11)7-12-10(13-9)16-2/h7,15H,3-6H2,1-2H3. The van der Waals surface area contributed by atoms with Crippen LogP contribution in [0.5, 0.6) is 6.01 Å². The molecule has 0 spiro atoms. The van der Waals surface area contributed by atoms with Gasteiger partial charge in [-0.1, -0.05) is 18.5 Å². The lowest BCUT2D eigenvalue weighted by molar-refractivity contribution is 0.301. The lowest BCUT2D eigenvalue weighted by Gasteiger charge is -2.22. The lowest BCUT2D eigenvalue weighted by Crippen LogP contribution is -2.28. The van der Waals surface area contributed by atoms with Crippen molar-refractivity contribution in [2.45, 2.75) is 13.3 Å². The number of aromatic nitrogens is 2. The lowest BCUT2D eigenvalue weighted by atomic mass is 10.4. The molecule has 0 radical (unpaired) electrons. The van der Waals surface area contributed by atoms with Crippen LogP contribution in [0, 0.1) is 0 Å². The van der Waals surface area contributed by atoms with Crippen molar-refractivity contribution in [1.29, 1.82) is 0 Å². The Morgan fingerprint density at radius 2 is 2.25 bits per heavy atom. The Morgan fingerprint density at radius 1 is 1.50 bits per heavy atom. The van der Waals surface area contributed by atoms with E-state index in [2.05, 4.69) is 16.9 Å². The zero-order valence-electron chi connectivity index (χ0n) is 9.48. The summed E-state index contributed by atoms with van der Waals surface area (Å²) in [4.78, 5) is 9.99. The van der Waals surface area contributed by atoms with Crippen LogP contribution < -0.4 is 9.64 Å². The molecule has 6 heteroatoms. The van der Waals surface area contributed by atoms with E-state index in [1.807, 2.05) is 4.90 Å². The molecule has 0 aliphatic heterocycles. The third kappa shape index (κ3) is 3.21. The van der Waals surface area contributed by atoms with E-state index in [0.29, 0.717) is 17.4 Å². The predicted molar refractivity (Wildman–Crippen MR) is 63.2 cm³/mol. The van der Waals surface area contributed by atoms with Crippen LogP contribution in [0.1, 0.15) is 13.3 Å². The van der Waals surface area contributed by atoms with Crippen LogP contribution in [0.4, 0.5) is 5.82 Å². The number of rotatable bonds is 6. The van der Waals surface area contributed by atoms with Crippen LogP contribution >= 0.6 is 11.6 Å². The molecule has 0 fully saturated rings. The van der Waals surface area contributed by atoms with Crippen molar-refractivity contribution in [3.05, 3.63) is 11.2 Å². The topological polar surface area (TPSA) is 58.5 Å². The number of methoxy groups -OCH3 is 1. The van der Waals surface area contributed by atoms with Gasteiger partial charge in [-0.2, -0.15) is 4.98 Å².